The molecule has 1 amide bonds. The Morgan fingerprint density at radius 1 is 1.29 bits per heavy atom. The molecule has 3 aromatic rings. The van der Waals surface area contributed by atoms with E-state index in [9.17, 15) is 15.3 Å². The smallest absolute Gasteiger partial charge is 0.237 e. The zero-order chi connectivity index (χ0) is 20.1. The normalized spacial score (nSPS) is 11.2. The molecular formula is C19H14N6O2S. The van der Waals surface area contributed by atoms with Crippen LogP contribution >= 0.6 is 11.8 Å². The number of nitriles is 2. The van der Waals surface area contributed by atoms with E-state index in [0.29, 0.717) is 11.4 Å². The van der Waals surface area contributed by atoms with Gasteiger partial charge in [0, 0.05) is 6.20 Å². The van der Waals surface area contributed by atoms with Crippen LogP contribution < -0.4 is 11.1 Å². The topological polar surface area (TPSA) is 142 Å². The lowest BCUT2D eigenvalue weighted by atomic mass is 10.0. The highest BCUT2D eigenvalue weighted by Crippen LogP contribution is 2.37. The van der Waals surface area contributed by atoms with E-state index in [1.807, 2.05) is 6.07 Å². The summed E-state index contributed by atoms with van der Waals surface area (Å²) < 4.78 is 5.36. The number of thioether (sulfide) groups is 1. The van der Waals surface area contributed by atoms with E-state index in [0.717, 1.165) is 11.8 Å². The fourth-order valence-electron chi connectivity index (χ4n) is 2.45. The first-order valence-corrected chi connectivity index (χ1v) is 8.98. The van der Waals surface area contributed by atoms with Crippen molar-refractivity contribution in [3.05, 3.63) is 54.0 Å². The van der Waals surface area contributed by atoms with Gasteiger partial charge in [-0.15, -0.1) is 0 Å². The van der Waals surface area contributed by atoms with Gasteiger partial charge in [-0.05, 0) is 31.2 Å². The van der Waals surface area contributed by atoms with Crippen molar-refractivity contribution >= 4 is 29.2 Å². The Morgan fingerprint density at radius 3 is 2.68 bits per heavy atom. The summed E-state index contributed by atoms with van der Waals surface area (Å²) in [7, 11) is 0. The van der Waals surface area contributed by atoms with Crippen LogP contribution in [0.2, 0.25) is 0 Å². The minimum absolute atomic E-state index is 0.0322. The second-order valence-corrected chi connectivity index (χ2v) is 6.95. The van der Waals surface area contributed by atoms with E-state index in [1.165, 1.54) is 12.5 Å². The van der Waals surface area contributed by atoms with Crippen LogP contribution in [-0.4, -0.2) is 21.1 Å². The standard InChI is InChI=1S/C19H14N6O2S/c1-11(18(26)24-12-4-2-6-23-10-12)28-19-14(9-21)16(15-5-3-7-27-15)13(8-20)17(22)25-19/h2-7,10-11H,1H3,(H2,22,25)(H,24,26). The van der Waals surface area contributed by atoms with Crippen molar-refractivity contribution in [3.8, 4) is 23.5 Å². The van der Waals surface area contributed by atoms with Crippen LogP contribution in [0.3, 0.4) is 0 Å². The molecular weight excluding hydrogens is 376 g/mol. The Kier molecular flexibility index (Phi) is 5.58. The van der Waals surface area contributed by atoms with E-state index < -0.39 is 5.25 Å². The van der Waals surface area contributed by atoms with E-state index in [4.69, 9.17) is 10.2 Å². The van der Waals surface area contributed by atoms with Crippen molar-refractivity contribution in [2.24, 2.45) is 0 Å². The number of anilines is 2. The molecule has 0 fully saturated rings. The third kappa shape index (κ3) is 3.80. The number of carbonyl (C=O) groups is 1. The molecule has 138 valence electrons. The molecule has 0 aliphatic heterocycles. The third-order valence-corrected chi connectivity index (χ3v) is 4.86. The van der Waals surface area contributed by atoms with Crippen LogP contribution in [-0.2, 0) is 4.79 Å². The molecule has 1 atom stereocenters. The van der Waals surface area contributed by atoms with Crippen LogP contribution in [0.4, 0.5) is 11.5 Å². The molecule has 1 unspecified atom stereocenters. The summed E-state index contributed by atoms with van der Waals surface area (Å²) in [6.07, 6.45) is 4.57. The Morgan fingerprint density at radius 2 is 2.07 bits per heavy atom. The number of nitrogen functional groups attached to an aromatic ring is 1. The quantitative estimate of drug-likeness (QED) is 0.633. The first-order chi connectivity index (χ1) is 13.5. The van der Waals surface area contributed by atoms with Crippen LogP contribution in [0.1, 0.15) is 18.1 Å². The molecule has 0 saturated heterocycles. The van der Waals surface area contributed by atoms with Gasteiger partial charge in [-0.3, -0.25) is 9.78 Å². The molecule has 3 aromatic heterocycles. The molecule has 0 bridgehead atoms. The SMILES string of the molecule is CC(Sc1nc(N)c(C#N)c(-c2ccco2)c1C#N)C(=O)Nc1cccnc1. The number of nitrogens with zero attached hydrogens (tertiary/aromatic N) is 4. The second kappa shape index (κ2) is 8.25. The minimum Gasteiger partial charge on any atom is -0.464 e. The molecule has 3 heterocycles. The summed E-state index contributed by atoms with van der Waals surface area (Å²) in [6.45, 7) is 1.68. The second-order valence-electron chi connectivity index (χ2n) is 5.62. The van der Waals surface area contributed by atoms with E-state index >= 15 is 0 Å². The molecule has 0 spiro atoms. The Bertz CT molecular complexity index is 1080. The molecule has 3 rings (SSSR count). The van der Waals surface area contributed by atoms with E-state index in [2.05, 4.69) is 21.4 Å². The lowest BCUT2D eigenvalue weighted by Gasteiger charge is -2.15. The minimum atomic E-state index is -0.586. The number of pyridine rings is 2. The predicted octanol–water partition coefficient (Wildman–Crippen LogP) is 3.18. The van der Waals surface area contributed by atoms with Crippen LogP contribution in [0.15, 0.2) is 52.4 Å². The molecule has 0 aliphatic rings. The van der Waals surface area contributed by atoms with Gasteiger partial charge in [0.1, 0.15) is 34.3 Å². The Balaban J connectivity index is 1.95. The summed E-state index contributed by atoms with van der Waals surface area (Å²) in [6, 6.07) is 10.7. The summed E-state index contributed by atoms with van der Waals surface area (Å²) in [5, 5.41) is 21.5. The molecule has 28 heavy (non-hydrogen) atoms. The van der Waals surface area contributed by atoms with Crippen LogP contribution in [0, 0.1) is 22.7 Å². The molecule has 0 aromatic carbocycles. The first-order valence-electron chi connectivity index (χ1n) is 8.10. The van der Waals surface area contributed by atoms with Crippen molar-refractivity contribution in [1.29, 1.82) is 10.5 Å². The van der Waals surface area contributed by atoms with Gasteiger partial charge in [0.05, 0.1) is 34.5 Å². The average Bonchev–Trinajstić information content (AvgIpc) is 3.22. The maximum atomic E-state index is 12.5. The average molecular weight is 390 g/mol. The van der Waals surface area contributed by atoms with Gasteiger partial charge < -0.3 is 15.5 Å². The Hall–Kier alpha value is -3.82. The zero-order valence-electron chi connectivity index (χ0n) is 14.7. The number of hydrogen-bond donors (Lipinski definition) is 2. The van der Waals surface area contributed by atoms with Gasteiger partial charge in [0.2, 0.25) is 5.91 Å². The largest absolute Gasteiger partial charge is 0.464 e. The number of nitrogens with two attached hydrogens (primary N) is 1. The van der Waals surface area contributed by atoms with Crippen molar-refractivity contribution in [1.82, 2.24) is 9.97 Å². The molecule has 9 heteroatoms. The van der Waals surface area contributed by atoms with Gasteiger partial charge >= 0.3 is 0 Å². The van der Waals surface area contributed by atoms with Gasteiger partial charge in [-0.1, -0.05) is 11.8 Å². The molecule has 0 aliphatic carbocycles. The fraction of sp³-hybridized carbons (Fsp3) is 0.105. The number of amides is 1. The first kappa shape index (κ1) is 19.0. The highest BCUT2D eigenvalue weighted by molar-refractivity contribution is 8.00. The van der Waals surface area contributed by atoms with Crippen LogP contribution in [0.5, 0.6) is 0 Å². The number of aromatic nitrogens is 2. The summed E-state index contributed by atoms with van der Waals surface area (Å²) >= 11 is 1.07. The lowest BCUT2D eigenvalue weighted by Crippen LogP contribution is -2.22. The summed E-state index contributed by atoms with van der Waals surface area (Å²) in [5.41, 5.74) is 6.95. The number of hydrogen-bond acceptors (Lipinski definition) is 8. The molecule has 0 radical (unpaired) electrons. The predicted molar refractivity (Wildman–Crippen MR) is 104 cm³/mol. The lowest BCUT2D eigenvalue weighted by molar-refractivity contribution is -0.115. The monoisotopic (exact) mass is 390 g/mol. The fourth-order valence-corrected chi connectivity index (χ4v) is 3.37. The molecule has 0 saturated carbocycles. The zero-order valence-corrected chi connectivity index (χ0v) is 15.5. The van der Waals surface area contributed by atoms with Gasteiger partial charge in [-0.2, -0.15) is 10.5 Å². The summed E-state index contributed by atoms with van der Waals surface area (Å²) in [5.74, 6) is 0.0120. The Labute approximate surface area is 165 Å². The summed E-state index contributed by atoms with van der Waals surface area (Å²) in [4.78, 5) is 20.6. The van der Waals surface area contributed by atoms with E-state index in [1.54, 1.807) is 37.4 Å². The van der Waals surface area contributed by atoms with Crippen molar-refractivity contribution in [3.63, 3.8) is 0 Å². The number of rotatable bonds is 5. The third-order valence-electron chi connectivity index (χ3n) is 3.77. The number of carbonyl (C=O) groups excluding carboxylic acids is 1. The van der Waals surface area contributed by atoms with Gasteiger partial charge in [0.25, 0.3) is 0 Å². The van der Waals surface area contributed by atoms with Crippen molar-refractivity contribution in [2.75, 3.05) is 11.1 Å². The molecule has 3 N–H and O–H groups in total. The highest BCUT2D eigenvalue weighted by Gasteiger charge is 2.25. The molecule has 8 nitrogen and oxygen atoms in total. The van der Waals surface area contributed by atoms with Crippen LogP contribution in [0.25, 0.3) is 11.3 Å². The van der Waals surface area contributed by atoms with Gasteiger partial charge in [-0.25, -0.2) is 4.98 Å². The maximum absolute atomic E-state index is 12.5. The maximum Gasteiger partial charge on any atom is 0.237 e. The number of nitrogens with one attached hydrogen (secondary N) is 1. The van der Waals surface area contributed by atoms with Crippen molar-refractivity contribution in [2.45, 2.75) is 17.2 Å². The number of furan rings is 1. The van der Waals surface area contributed by atoms with Gasteiger partial charge in [0.15, 0.2) is 0 Å². The van der Waals surface area contributed by atoms with Crippen molar-refractivity contribution < 1.29 is 9.21 Å². The van der Waals surface area contributed by atoms with E-state index in [-0.39, 0.29) is 33.4 Å². The highest BCUT2D eigenvalue weighted by atomic mass is 32.2.